The minimum absolute atomic E-state index is 0.124. The van der Waals surface area contributed by atoms with Gasteiger partial charge in [0.25, 0.3) is 11.8 Å². The van der Waals surface area contributed by atoms with E-state index in [1.54, 1.807) is 35.5 Å². The standard InChI is InChI=1S/C32H34FN5O6/c1-42-27-6-2-19-3-7-29(39)34-14-20-10-23(33)13-24(11-20)44-26-8-9-38(17-25(26)37-30(40)18-43-28(27)12-19)32(41)22-15-35-31(36-16-22)21-4-5-21/h2,6,10-13,15-16,21,25-26H,3-5,7-9,14,17-18H2,1H3,(H,34,39)(H,37,40)/t25-,26-/m1/s1. The molecule has 44 heavy (non-hydrogen) atoms. The molecule has 2 aliphatic heterocycles. The van der Waals surface area contributed by atoms with Gasteiger partial charge in [0, 0.05) is 56.9 Å². The molecule has 0 spiro atoms. The number of piperidine rings is 1. The lowest BCUT2D eigenvalue weighted by molar-refractivity contribution is -0.125. The van der Waals surface area contributed by atoms with Gasteiger partial charge in [-0.2, -0.15) is 0 Å². The Labute approximate surface area is 254 Å². The molecular formula is C32H34FN5O6. The molecule has 1 aliphatic carbocycles. The third-order valence-corrected chi connectivity index (χ3v) is 7.98. The summed E-state index contributed by atoms with van der Waals surface area (Å²) in [4.78, 5) is 49.5. The number of hydrogen-bond acceptors (Lipinski definition) is 8. The van der Waals surface area contributed by atoms with Gasteiger partial charge in [0.2, 0.25) is 5.91 Å². The lowest BCUT2D eigenvalue weighted by atomic mass is 10.0. The van der Waals surface area contributed by atoms with Gasteiger partial charge in [0.1, 0.15) is 23.5 Å². The summed E-state index contributed by atoms with van der Waals surface area (Å²) in [5.41, 5.74) is 1.74. The quantitative estimate of drug-likeness (QED) is 0.467. The normalized spacial score (nSPS) is 20.9. The second kappa shape index (κ2) is 12.9. The maximum absolute atomic E-state index is 14.6. The Morgan fingerprint density at radius 2 is 1.84 bits per heavy atom. The highest BCUT2D eigenvalue weighted by molar-refractivity contribution is 5.93. The van der Waals surface area contributed by atoms with Crippen LogP contribution in [0.4, 0.5) is 4.39 Å². The van der Waals surface area contributed by atoms with E-state index in [9.17, 15) is 18.8 Å². The van der Waals surface area contributed by atoms with E-state index < -0.39 is 23.9 Å². The van der Waals surface area contributed by atoms with E-state index in [2.05, 4.69) is 20.6 Å². The summed E-state index contributed by atoms with van der Waals surface area (Å²) in [5, 5.41) is 5.79. The molecule has 6 rings (SSSR count). The van der Waals surface area contributed by atoms with Crippen LogP contribution in [0.25, 0.3) is 0 Å². The summed E-state index contributed by atoms with van der Waals surface area (Å²) in [6.45, 7) is 0.298. The molecule has 230 valence electrons. The van der Waals surface area contributed by atoms with Crippen LogP contribution in [0.2, 0.25) is 0 Å². The SMILES string of the molecule is COc1ccc2cc1OCC(=O)N[C@@H]1CN(C(=O)c3cnc(C4CC4)nc3)CC[C@H]1Oc1cc(F)cc(c1)CNC(=O)CC2. The van der Waals surface area contributed by atoms with E-state index in [0.717, 1.165) is 24.2 Å². The molecule has 0 unspecified atom stereocenters. The van der Waals surface area contributed by atoms with Crippen LogP contribution in [0.15, 0.2) is 48.8 Å². The van der Waals surface area contributed by atoms with Crippen LogP contribution < -0.4 is 24.8 Å². The van der Waals surface area contributed by atoms with Gasteiger partial charge in [0.05, 0.1) is 18.7 Å². The van der Waals surface area contributed by atoms with Gasteiger partial charge in [0.15, 0.2) is 18.1 Å². The molecule has 2 N–H and O–H groups in total. The van der Waals surface area contributed by atoms with Gasteiger partial charge in [-0.15, -0.1) is 0 Å². The number of rotatable bonds is 3. The Morgan fingerprint density at radius 1 is 1.02 bits per heavy atom. The third kappa shape index (κ3) is 7.07. The second-order valence-electron chi connectivity index (χ2n) is 11.3. The molecule has 12 heteroatoms. The number of benzene rings is 2. The minimum atomic E-state index is -0.631. The van der Waals surface area contributed by atoms with Crippen molar-refractivity contribution in [1.82, 2.24) is 25.5 Å². The molecule has 4 bridgehead atoms. The average molecular weight is 604 g/mol. The van der Waals surface area contributed by atoms with Crippen LogP contribution in [-0.2, 0) is 22.6 Å². The number of ether oxygens (including phenoxy) is 3. The van der Waals surface area contributed by atoms with Gasteiger partial charge in [-0.05, 0) is 54.7 Å². The highest BCUT2D eigenvalue weighted by Crippen LogP contribution is 2.37. The fraction of sp³-hybridized carbons (Fsp3) is 0.406. The molecule has 3 aliphatic rings. The van der Waals surface area contributed by atoms with E-state index in [1.807, 2.05) is 6.07 Å². The van der Waals surface area contributed by atoms with Crippen molar-refractivity contribution in [2.75, 3.05) is 26.8 Å². The van der Waals surface area contributed by atoms with Crippen LogP contribution in [-0.4, -0.2) is 71.5 Å². The highest BCUT2D eigenvalue weighted by Gasteiger charge is 2.35. The number of methoxy groups -OCH3 is 1. The van der Waals surface area contributed by atoms with Crippen molar-refractivity contribution in [3.05, 3.63) is 77.1 Å². The highest BCUT2D eigenvalue weighted by atomic mass is 19.1. The largest absolute Gasteiger partial charge is 0.493 e. The zero-order valence-electron chi connectivity index (χ0n) is 24.4. The predicted octanol–water partition coefficient (Wildman–Crippen LogP) is 2.92. The van der Waals surface area contributed by atoms with Crippen molar-refractivity contribution in [1.29, 1.82) is 0 Å². The summed E-state index contributed by atoms with van der Waals surface area (Å²) in [6, 6.07) is 8.94. The Bertz CT molecular complexity index is 1550. The monoisotopic (exact) mass is 603 g/mol. The summed E-state index contributed by atoms with van der Waals surface area (Å²) in [7, 11) is 1.51. The van der Waals surface area contributed by atoms with Crippen molar-refractivity contribution >= 4 is 17.7 Å². The molecule has 1 saturated carbocycles. The van der Waals surface area contributed by atoms with Crippen molar-refractivity contribution in [3.63, 3.8) is 0 Å². The van der Waals surface area contributed by atoms with Crippen LogP contribution in [0, 0.1) is 5.82 Å². The number of carbonyl (C=O) groups is 3. The maximum Gasteiger partial charge on any atom is 0.258 e. The Balaban J connectivity index is 1.24. The van der Waals surface area contributed by atoms with Crippen molar-refractivity contribution in [2.24, 2.45) is 0 Å². The number of fused-ring (bicyclic) bond motifs is 5. The smallest absolute Gasteiger partial charge is 0.258 e. The van der Waals surface area contributed by atoms with E-state index in [-0.39, 0.29) is 43.7 Å². The van der Waals surface area contributed by atoms with Crippen molar-refractivity contribution in [2.45, 2.75) is 56.7 Å². The van der Waals surface area contributed by atoms with E-state index >= 15 is 0 Å². The zero-order chi connectivity index (χ0) is 30.6. The summed E-state index contributed by atoms with van der Waals surface area (Å²) < 4.78 is 32.1. The zero-order valence-corrected chi connectivity index (χ0v) is 24.4. The molecule has 3 amide bonds. The number of aromatic nitrogens is 2. The minimum Gasteiger partial charge on any atom is -0.493 e. The molecule has 2 atom stereocenters. The Hall–Kier alpha value is -4.74. The van der Waals surface area contributed by atoms with Gasteiger partial charge >= 0.3 is 0 Å². The fourth-order valence-electron chi connectivity index (χ4n) is 5.47. The van der Waals surface area contributed by atoms with Crippen LogP contribution in [0.1, 0.15) is 58.9 Å². The summed E-state index contributed by atoms with van der Waals surface area (Å²) in [6.07, 6.45) is 5.66. The second-order valence-corrected chi connectivity index (χ2v) is 11.3. The van der Waals surface area contributed by atoms with E-state index in [0.29, 0.717) is 47.9 Å². The number of carbonyl (C=O) groups excluding carboxylic acids is 3. The molecule has 11 nitrogen and oxygen atoms in total. The molecule has 0 radical (unpaired) electrons. The number of halogens is 1. The first kappa shape index (κ1) is 29.3. The van der Waals surface area contributed by atoms with Gasteiger partial charge < -0.3 is 29.7 Å². The van der Waals surface area contributed by atoms with Gasteiger partial charge in [-0.3, -0.25) is 14.4 Å². The predicted molar refractivity (Wildman–Crippen MR) is 156 cm³/mol. The number of hydrogen-bond donors (Lipinski definition) is 2. The molecule has 1 aromatic heterocycles. The Kier molecular flexibility index (Phi) is 8.58. The molecule has 1 saturated heterocycles. The number of nitrogens with one attached hydrogen (secondary N) is 2. The molecule has 3 aromatic rings. The van der Waals surface area contributed by atoms with Crippen LogP contribution in [0.3, 0.4) is 0 Å². The number of likely N-dealkylation sites (tertiary alicyclic amines) is 1. The molecule has 2 aromatic carbocycles. The van der Waals surface area contributed by atoms with E-state index in [1.165, 1.54) is 19.2 Å². The summed E-state index contributed by atoms with van der Waals surface area (Å²) in [5.74, 6) is 0.827. The summed E-state index contributed by atoms with van der Waals surface area (Å²) >= 11 is 0. The topological polar surface area (TPSA) is 132 Å². The first-order valence-electron chi connectivity index (χ1n) is 14.8. The first-order chi connectivity index (χ1) is 21.3. The number of aryl methyl sites for hydroxylation is 1. The maximum atomic E-state index is 14.6. The Morgan fingerprint density at radius 3 is 2.61 bits per heavy atom. The van der Waals surface area contributed by atoms with E-state index in [4.69, 9.17) is 14.2 Å². The first-order valence-corrected chi connectivity index (χ1v) is 14.8. The number of nitrogens with zero attached hydrogens (tertiary/aromatic N) is 3. The fourth-order valence-corrected chi connectivity index (χ4v) is 5.47. The molecule has 3 heterocycles. The average Bonchev–Trinajstić information content (AvgIpc) is 3.88. The molecule has 2 fully saturated rings. The van der Waals surface area contributed by atoms with Crippen LogP contribution >= 0.6 is 0 Å². The van der Waals surface area contributed by atoms with Crippen molar-refractivity contribution in [3.8, 4) is 17.2 Å². The van der Waals surface area contributed by atoms with Gasteiger partial charge in [-0.1, -0.05) is 6.07 Å². The van der Waals surface area contributed by atoms with Gasteiger partial charge in [-0.25, -0.2) is 14.4 Å². The third-order valence-electron chi connectivity index (χ3n) is 7.98. The number of amides is 3. The van der Waals surface area contributed by atoms with Crippen molar-refractivity contribution < 1.29 is 33.0 Å². The van der Waals surface area contributed by atoms with Crippen LogP contribution in [0.5, 0.6) is 17.2 Å². The lowest BCUT2D eigenvalue weighted by Crippen LogP contribution is -2.58. The lowest BCUT2D eigenvalue weighted by Gasteiger charge is -2.38. The molecular weight excluding hydrogens is 569 g/mol.